The summed E-state index contributed by atoms with van der Waals surface area (Å²) in [6.45, 7) is 0. The Balaban J connectivity index is 1.33. The van der Waals surface area contributed by atoms with Crippen LogP contribution in [0, 0.1) is 0 Å². The summed E-state index contributed by atoms with van der Waals surface area (Å²) in [6.07, 6.45) is 0. The molecule has 0 radical (unpaired) electrons. The summed E-state index contributed by atoms with van der Waals surface area (Å²) in [5.74, 6) is 0.491. The van der Waals surface area contributed by atoms with E-state index in [-0.39, 0.29) is 17.6 Å². The van der Waals surface area contributed by atoms with Crippen LogP contribution in [0.5, 0.6) is 5.75 Å². The molecule has 2 N–H and O–H groups in total. The number of anilines is 2. The van der Waals surface area contributed by atoms with Gasteiger partial charge in [-0.3, -0.25) is 14.9 Å². The monoisotopic (exact) mass is 450 g/mol. The van der Waals surface area contributed by atoms with E-state index in [1.54, 1.807) is 37.4 Å². The maximum Gasteiger partial charge on any atom is 0.258 e. The molecule has 156 valence electrons. The van der Waals surface area contributed by atoms with E-state index in [0.29, 0.717) is 20.7 Å². The SMILES string of the molecule is COc1ccc(NC(=O)CSc2nnc(NC(=O)c3cccc4ccccc34)s2)cc1. The minimum atomic E-state index is -0.248. The number of hydrogen-bond donors (Lipinski definition) is 2. The molecule has 0 aliphatic heterocycles. The van der Waals surface area contributed by atoms with E-state index in [4.69, 9.17) is 4.74 Å². The van der Waals surface area contributed by atoms with Gasteiger partial charge >= 0.3 is 0 Å². The highest BCUT2D eigenvalue weighted by Crippen LogP contribution is 2.27. The maximum absolute atomic E-state index is 12.7. The van der Waals surface area contributed by atoms with Gasteiger partial charge in [0.1, 0.15) is 5.75 Å². The largest absolute Gasteiger partial charge is 0.497 e. The van der Waals surface area contributed by atoms with Crippen molar-refractivity contribution in [2.24, 2.45) is 0 Å². The van der Waals surface area contributed by atoms with Crippen LogP contribution in [-0.2, 0) is 4.79 Å². The van der Waals surface area contributed by atoms with Crippen LogP contribution in [0.4, 0.5) is 10.8 Å². The van der Waals surface area contributed by atoms with Crippen molar-refractivity contribution in [3.05, 3.63) is 72.3 Å². The molecule has 0 saturated carbocycles. The number of methoxy groups -OCH3 is 1. The molecular weight excluding hydrogens is 432 g/mol. The first-order valence-corrected chi connectivity index (χ1v) is 11.1. The molecule has 1 aromatic heterocycles. The Morgan fingerprint density at radius 3 is 2.55 bits per heavy atom. The number of benzene rings is 3. The van der Waals surface area contributed by atoms with Gasteiger partial charge in [-0.1, -0.05) is 59.5 Å². The molecule has 0 saturated heterocycles. The number of fused-ring (bicyclic) bond motifs is 1. The van der Waals surface area contributed by atoms with E-state index in [1.807, 2.05) is 36.4 Å². The highest BCUT2D eigenvalue weighted by atomic mass is 32.2. The van der Waals surface area contributed by atoms with E-state index in [0.717, 1.165) is 16.5 Å². The Morgan fingerprint density at radius 2 is 1.74 bits per heavy atom. The van der Waals surface area contributed by atoms with Crippen LogP contribution in [0.15, 0.2) is 71.1 Å². The van der Waals surface area contributed by atoms with E-state index in [1.165, 1.54) is 23.1 Å². The lowest BCUT2D eigenvalue weighted by molar-refractivity contribution is -0.113. The Labute approximate surface area is 186 Å². The van der Waals surface area contributed by atoms with Crippen molar-refractivity contribution >= 4 is 56.5 Å². The lowest BCUT2D eigenvalue weighted by Crippen LogP contribution is -2.13. The van der Waals surface area contributed by atoms with Gasteiger partial charge in [-0.25, -0.2) is 0 Å². The first kappa shape index (κ1) is 20.8. The summed E-state index contributed by atoms with van der Waals surface area (Å²) >= 11 is 2.49. The number of amides is 2. The second-order valence-electron chi connectivity index (χ2n) is 6.42. The zero-order valence-electron chi connectivity index (χ0n) is 16.5. The highest BCUT2D eigenvalue weighted by Gasteiger charge is 2.14. The first-order valence-electron chi connectivity index (χ1n) is 9.32. The fourth-order valence-corrected chi connectivity index (χ4v) is 4.45. The third-order valence-corrected chi connectivity index (χ3v) is 6.33. The molecule has 7 nitrogen and oxygen atoms in total. The van der Waals surface area contributed by atoms with E-state index < -0.39 is 0 Å². The van der Waals surface area contributed by atoms with Crippen LogP contribution in [0.3, 0.4) is 0 Å². The average molecular weight is 451 g/mol. The van der Waals surface area contributed by atoms with Gasteiger partial charge in [-0.15, -0.1) is 10.2 Å². The minimum absolute atomic E-state index is 0.160. The molecule has 0 atom stereocenters. The molecule has 0 fully saturated rings. The standard InChI is InChI=1S/C22H18N4O3S2/c1-29-16-11-9-15(10-12-16)23-19(27)13-30-22-26-25-21(31-22)24-20(28)18-8-4-6-14-5-2-3-7-17(14)18/h2-12H,13H2,1H3,(H,23,27)(H,24,25,28). The van der Waals surface area contributed by atoms with Crippen LogP contribution in [0.2, 0.25) is 0 Å². The molecule has 9 heteroatoms. The van der Waals surface area contributed by atoms with Crippen LogP contribution >= 0.6 is 23.1 Å². The number of aromatic nitrogens is 2. The molecule has 3 aromatic carbocycles. The highest BCUT2D eigenvalue weighted by molar-refractivity contribution is 8.01. The molecule has 4 aromatic rings. The van der Waals surface area contributed by atoms with Crippen LogP contribution in [-0.4, -0.2) is 34.9 Å². The molecular formula is C22H18N4O3S2. The van der Waals surface area contributed by atoms with Crippen molar-refractivity contribution in [2.75, 3.05) is 23.5 Å². The summed E-state index contributed by atoms with van der Waals surface area (Å²) < 4.78 is 5.69. The number of hydrogen-bond acceptors (Lipinski definition) is 7. The molecule has 2 amide bonds. The van der Waals surface area contributed by atoms with E-state index in [2.05, 4.69) is 20.8 Å². The van der Waals surface area contributed by atoms with Crippen molar-refractivity contribution in [1.29, 1.82) is 0 Å². The topological polar surface area (TPSA) is 93.2 Å². The summed E-state index contributed by atoms with van der Waals surface area (Å²) in [6, 6.07) is 20.4. The number of ether oxygens (including phenoxy) is 1. The Kier molecular flexibility index (Phi) is 6.44. The normalized spacial score (nSPS) is 10.6. The second-order valence-corrected chi connectivity index (χ2v) is 8.62. The number of nitrogens with zero attached hydrogens (tertiary/aromatic N) is 2. The molecule has 1 heterocycles. The lowest BCUT2D eigenvalue weighted by atomic mass is 10.0. The molecule has 0 unspecified atom stereocenters. The van der Waals surface area contributed by atoms with Crippen molar-refractivity contribution in [1.82, 2.24) is 10.2 Å². The number of carbonyl (C=O) groups excluding carboxylic acids is 2. The van der Waals surface area contributed by atoms with Gasteiger partial charge in [0, 0.05) is 11.3 Å². The quantitative estimate of drug-likeness (QED) is 0.314. The van der Waals surface area contributed by atoms with Crippen molar-refractivity contribution in [2.45, 2.75) is 4.34 Å². The Bertz CT molecular complexity index is 1220. The Hall–Kier alpha value is -3.43. The van der Waals surface area contributed by atoms with Gasteiger partial charge in [0.2, 0.25) is 11.0 Å². The van der Waals surface area contributed by atoms with Crippen LogP contribution in [0.25, 0.3) is 10.8 Å². The second kappa shape index (κ2) is 9.59. The van der Waals surface area contributed by atoms with Crippen molar-refractivity contribution in [3.8, 4) is 5.75 Å². The number of nitrogens with one attached hydrogen (secondary N) is 2. The summed E-state index contributed by atoms with van der Waals surface area (Å²) in [5, 5.41) is 15.9. The molecule has 31 heavy (non-hydrogen) atoms. The summed E-state index contributed by atoms with van der Waals surface area (Å²) in [5.41, 5.74) is 1.26. The lowest BCUT2D eigenvalue weighted by Gasteiger charge is -2.05. The predicted molar refractivity (Wildman–Crippen MR) is 124 cm³/mol. The van der Waals surface area contributed by atoms with Gasteiger partial charge in [-0.2, -0.15) is 0 Å². The minimum Gasteiger partial charge on any atom is -0.497 e. The van der Waals surface area contributed by atoms with Crippen molar-refractivity contribution in [3.63, 3.8) is 0 Å². The fourth-order valence-electron chi connectivity index (χ4n) is 2.91. The molecule has 4 rings (SSSR count). The molecule has 0 bridgehead atoms. The third kappa shape index (κ3) is 5.19. The van der Waals surface area contributed by atoms with Gasteiger partial charge in [-0.05, 0) is 41.1 Å². The summed E-state index contributed by atoms with van der Waals surface area (Å²) in [7, 11) is 1.59. The van der Waals surface area contributed by atoms with Gasteiger partial charge in [0.05, 0.1) is 12.9 Å². The van der Waals surface area contributed by atoms with Gasteiger partial charge in [0.15, 0.2) is 4.34 Å². The number of thioether (sulfide) groups is 1. The maximum atomic E-state index is 12.7. The van der Waals surface area contributed by atoms with Crippen LogP contribution in [0.1, 0.15) is 10.4 Å². The van der Waals surface area contributed by atoms with Crippen molar-refractivity contribution < 1.29 is 14.3 Å². The number of rotatable bonds is 7. The summed E-state index contributed by atoms with van der Waals surface area (Å²) in [4.78, 5) is 24.9. The van der Waals surface area contributed by atoms with Gasteiger partial charge in [0.25, 0.3) is 5.91 Å². The smallest absolute Gasteiger partial charge is 0.258 e. The average Bonchev–Trinajstić information content (AvgIpc) is 3.25. The Morgan fingerprint density at radius 1 is 0.968 bits per heavy atom. The van der Waals surface area contributed by atoms with E-state index >= 15 is 0 Å². The number of carbonyl (C=O) groups is 2. The molecule has 0 aliphatic carbocycles. The molecule has 0 spiro atoms. The van der Waals surface area contributed by atoms with Crippen LogP contribution < -0.4 is 15.4 Å². The zero-order chi connectivity index (χ0) is 21.6. The van der Waals surface area contributed by atoms with Gasteiger partial charge < -0.3 is 10.1 Å². The van der Waals surface area contributed by atoms with E-state index in [9.17, 15) is 9.59 Å². The predicted octanol–water partition coefficient (Wildman–Crippen LogP) is 4.68. The third-order valence-electron chi connectivity index (χ3n) is 4.36. The zero-order valence-corrected chi connectivity index (χ0v) is 18.1. The molecule has 0 aliphatic rings. The fraction of sp³-hybridized carbons (Fsp3) is 0.0909. The first-order chi connectivity index (χ1) is 15.1.